The number of hydrogen-bond acceptors (Lipinski definition) is 3. The van der Waals surface area contributed by atoms with E-state index < -0.39 is 10.0 Å². The van der Waals surface area contributed by atoms with E-state index in [4.69, 9.17) is 0 Å². The lowest BCUT2D eigenvalue weighted by Crippen LogP contribution is -2.53. The molecule has 4 rings (SSSR count). The topological polar surface area (TPSA) is 57.7 Å². The normalized spacial score (nSPS) is 26.4. The van der Waals surface area contributed by atoms with Crippen LogP contribution in [-0.2, 0) is 14.8 Å². The largest absolute Gasteiger partial charge is 0.339 e. The summed E-state index contributed by atoms with van der Waals surface area (Å²) in [5.74, 6) is 0.938. The fraction of sp³-hybridized carbons (Fsp3) is 0.708. The summed E-state index contributed by atoms with van der Waals surface area (Å²) in [6.45, 7) is 7.51. The van der Waals surface area contributed by atoms with Gasteiger partial charge in [0.15, 0.2) is 0 Å². The van der Waals surface area contributed by atoms with Crippen LogP contribution in [0.25, 0.3) is 0 Å². The molecule has 30 heavy (non-hydrogen) atoms. The van der Waals surface area contributed by atoms with Gasteiger partial charge in [-0.25, -0.2) is 8.42 Å². The summed E-state index contributed by atoms with van der Waals surface area (Å²) in [6, 6.07) is 4.31. The zero-order chi connectivity index (χ0) is 21.5. The molecular formula is C24H36N2O3S. The molecule has 3 fully saturated rings. The number of amides is 1. The van der Waals surface area contributed by atoms with Crippen molar-refractivity contribution in [3.63, 3.8) is 0 Å². The summed E-state index contributed by atoms with van der Waals surface area (Å²) in [7, 11) is -3.52. The van der Waals surface area contributed by atoms with Gasteiger partial charge in [0, 0.05) is 31.6 Å². The van der Waals surface area contributed by atoms with Crippen LogP contribution in [0, 0.1) is 32.6 Å². The Bertz CT molecular complexity index is 878. The van der Waals surface area contributed by atoms with Crippen molar-refractivity contribution in [2.45, 2.75) is 83.1 Å². The number of benzene rings is 1. The Morgan fingerprint density at radius 3 is 2.13 bits per heavy atom. The molecule has 0 bridgehead atoms. The van der Waals surface area contributed by atoms with Crippen LogP contribution in [0.5, 0.6) is 0 Å². The lowest BCUT2D eigenvalue weighted by atomic mass is 9.77. The molecule has 2 atom stereocenters. The number of rotatable bonds is 3. The van der Waals surface area contributed by atoms with Gasteiger partial charge in [-0.3, -0.25) is 4.79 Å². The Kier molecular flexibility index (Phi) is 6.27. The Hall–Kier alpha value is -1.40. The highest BCUT2D eigenvalue weighted by Crippen LogP contribution is 2.37. The maximum absolute atomic E-state index is 13.3. The number of aryl methyl sites for hydroxylation is 3. The second-order valence-electron chi connectivity index (χ2n) is 9.69. The van der Waals surface area contributed by atoms with Crippen LogP contribution >= 0.6 is 0 Å². The second kappa shape index (κ2) is 8.62. The lowest BCUT2D eigenvalue weighted by Gasteiger charge is -2.46. The molecule has 1 amide bonds. The van der Waals surface area contributed by atoms with Gasteiger partial charge in [-0.2, -0.15) is 4.31 Å². The van der Waals surface area contributed by atoms with E-state index in [2.05, 4.69) is 4.90 Å². The van der Waals surface area contributed by atoms with Crippen molar-refractivity contribution in [3.8, 4) is 0 Å². The van der Waals surface area contributed by atoms with Crippen LogP contribution < -0.4 is 0 Å². The molecule has 2 saturated heterocycles. The number of hydrogen-bond donors (Lipinski definition) is 0. The third-order valence-electron chi connectivity index (χ3n) is 7.53. The smallest absolute Gasteiger partial charge is 0.243 e. The van der Waals surface area contributed by atoms with Crippen molar-refractivity contribution in [1.29, 1.82) is 0 Å². The number of likely N-dealkylation sites (tertiary alicyclic amines) is 1. The van der Waals surface area contributed by atoms with Gasteiger partial charge < -0.3 is 4.90 Å². The Labute approximate surface area is 181 Å². The average Bonchev–Trinajstić information content (AvgIpc) is 2.72. The summed E-state index contributed by atoms with van der Waals surface area (Å²) in [5.41, 5.74) is 2.69. The van der Waals surface area contributed by atoms with Crippen molar-refractivity contribution in [1.82, 2.24) is 9.21 Å². The van der Waals surface area contributed by atoms with Crippen LogP contribution in [0.3, 0.4) is 0 Å². The van der Waals surface area contributed by atoms with E-state index in [1.165, 1.54) is 25.7 Å². The van der Waals surface area contributed by atoms with Gasteiger partial charge in [-0.15, -0.1) is 0 Å². The van der Waals surface area contributed by atoms with E-state index in [-0.39, 0.29) is 11.8 Å². The third-order valence-corrected chi connectivity index (χ3v) is 9.74. The molecule has 6 heteroatoms. The fourth-order valence-electron chi connectivity index (χ4n) is 6.18. The summed E-state index contributed by atoms with van der Waals surface area (Å²) >= 11 is 0. The van der Waals surface area contributed by atoms with Gasteiger partial charge in [-0.05, 0) is 76.3 Å². The molecule has 2 aliphatic heterocycles. The number of sulfonamides is 1. The molecule has 0 radical (unpaired) electrons. The Morgan fingerprint density at radius 2 is 1.47 bits per heavy atom. The zero-order valence-electron chi connectivity index (χ0n) is 18.7. The van der Waals surface area contributed by atoms with Crippen LogP contribution in [0.1, 0.15) is 68.1 Å². The van der Waals surface area contributed by atoms with Crippen LogP contribution in [0.4, 0.5) is 0 Å². The fourth-order valence-corrected chi connectivity index (χ4v) is 8.06. The van der Waals surface area contributed by atoms with Crippen LogP contribution in [0.15, 0.2) is 17.0 Å². The number of piperidine rings is 2. The summed E-state index contributed by atoms with van der Waals surface area (Å²) in [4.78, 5) is 16.0. The van der Waals surface area contributed by atoms with Crippen molar-refractivity contribution >= 4 is 15.9 Å². The Morgan fingerprint density at radius 1 is 0.867 bits per heavy atom. The first kappa shape index (κ1) is 21.8. The zero-order valence-corrected chi connectivity index (χ0v) is 19.5. The number of carbonyl (C=O) groups excluding carboxylic acids is 1. The second-order valence-corrected chi connectivity index (χ2v) is 11.6. The van der Waals surface area contributed by atoms with Gasteiger partial charge in [0.25, 0.3) is 0 Å². The molecule has 3 aliphatic rings. The predicted molar refractivity (Wildman–Crippen MR) is 119 cm³/mol. The molecule has 5 nitrogen and oxygen atoms in total. The molecule has 0 N–H and O–H groups in total. The van der Waals surface area contributed by atoms with Crippen molar-refractivity contribution in [2.75, 3.05) is 19.6 Å². The molecule has 2 unspecified atom stereocenters. The highest BCUT2D eigenvalue weighted by Gasteiger charge is 2.40. The van der Waals surface area contributed by atoms with Gasteiger partial charge >= 0.3 is 0 Å². The van der Waals surface area contributed by atoms with E-state index in [1.807, 2.05) is 32.9 Å². The summed E-state index contributed by atoms with van der Waals surface area (Å²) in [6.07, 6.45) is 8.60. The van der Waals surface area contributed by atoms with Crippen LogP contribution in [-0.4, -0.2) is 49.2 Å². The minimum atomic E-state index is -3.52. The van der Waals surface area contributed by atoms with E-state index >= 15 is 0 Å². The lowest BCUT2D eigenvalue weighted by molar-refractivity contribution is -0.143. The molecule has 1 aromatic rings. The first-order valence-corrected chi connectivity index (χ1v) is 13.1. The standard InChI is InChI=1S/C24H36N2O3S/c1-17-15-18(2)23(19(3)16-17)30(28,29)25-13-10-21(11-14-25)24(27)26-12-6-8-20-7-4-5-9-22(20)26/h15-16,20-22H,4-14H2,1-3H3. The van der Waals surface area contributed by atoms with Crippen molar-refractivity contribution in [2.24, 2.45) is 11.8 Å². The van der Waals surface area contributed by atoms with E-state index in [1.54, 1.807) is 4.31 Å². The molecule has 2 heterocycles. The minimum absolute atomic E-state index is 0.0302. The number of fused-ring (bicyclic) bond motifs is 1. The van der Waals surface area contributed by atoms with E-state index in [0.717, 1.165) is 36.1 Å². The van der Waals surface area contributed by atoms with Gasteiger partial charge in [0.2, 0.25) is 15.9 Å². The van der Waals surface area contributed by atoms with Gasteiger partial charge in [0.05, 0.1) is 4.90 Å². The maximum Gasteiger partial charge on any atom is 0.243 e. The van der Waals surface area contributed by atoms with Crippen molar-refractivity contribution < 1.29 is 13.2 Å². The first-order chi connectivity index (χ1) is 14.3. The first-order valence-electron chi connectivity index (χ1n) is 11.7. The third kappa shape index (κ3) is 4.05. The van der Waals surface area contributed by atoms with E-state index in [9.17, 15) is 13.2 Å². The number of nitrogens with zero attached hydrogens (tertiary/aromatic N) is 2. The SMILES string of the molecule is Cc1cc(C)c(S(=O)(=O)N2CCC(C(=O)N3CCCC4CCCCC43)CC2)c(C)c1. The van der Waals surface area contributed by atoms with E-state index in [0.29, 0.717) is 42.8 Å². The molecule has 0 spiro atoms. The summed E-state index contributed by atoms with van der Waals surface area (Å²) in [5, 5.41) is 0. The maximum atomic E-state index is 13.3. The molecule has 1 saturated carbocycles. The van der Waals surface area contributed by atoms with Crippen molar-refractivity contribution in [3.05, 3.63) is 28.8 Å². The highest BCUT2D eigenvalue weighted by atomic mass is 32.2. The highest BCUT2D eigenvalue weighted by molar-refractivity contribution is 7.89. The molecular weight excluding hydrogens is 396 g/mol. The van der Waals surface area contributed by atoms with Crippen LogP contribution in [0.2, 0.25) is 0 Å². The average molecular weight is 433 g/mol. The number of carbonyl (C=O) groups is 1. The Balaban J connectivity index is 1.44. The molecule has 1 aliphatic carbocycles. The van der Waals surface area contributed by atoms with Gasteiger partial charge in [0.1, 0.15) is 0 Å². The predicted octanol–water partition coefficient (Wildman–Crippen LogP) is 4.19. The monoisotopic (exact) mass is 432 g/mol. The van der Waals surface area contributed by atoms with Gasteiger partial charge in [-0.1, -0.05) is 30.5 Å². The summed E-state index contributed by atoms with van der Waals surface area (Å²) < 4.78 is 28.3. The molecule has 1 aromatic carbocycles. The molecule has 0 aromatic heterocycles. The minimum Gasteiger partial charge on any atom is -0.339 e. The quantitative estimate of drug-likeness (QED) is 0.719. The molecule has 166 valence electrons.